The Morgan fingerprint density at radius 1 is 1.53 bits per heavy atom. The van der Waals surface area contributed by atoms with E-state index in [0.717, 1.165) is 29.5 Å². The van der Waals surface area contributed by atoms with Crippen LogP contribution in [0, 0.1) is 6.92 Å². The summed E-state index contributed by atoms with van der Waals surface area (Å²) in [5.41, 5.74) is 10.0. The summed E-state index contributed by atoms with van der Waals surface area (Å²) in [5, 5.41) is 0. The third kappa shape index (κ3) is 2.17. The maximum absolute atomic E-state index is 11.0. The molecule has 0 radical (unpaired) electrons. The SMILES string of the molecule is CC(=O)O[C@@H]1CCc2c1ccc(C(N)=S)c2C. The van der Waals surface area contributed by atoms with E-state index in [2.05, 4.69) is 0 Å². The number of hydrogen-bond acceptors (Lipinski definition) is 3. The summed E-state index contributed by atoms with van der Waals surface area (Å²) in [7, 11) is 0. The number of carbonyl (C=O) groups excluding carboxylic acids is 1. The maximum Gasteiger partial charge on any atom is 0.303 e. The van der Waals surface area contributed by atoms with Crippen molar-refractivity contribution < 1.29 is 9.53 Å². The normalized spacial score (nSPS) is 17.6. The van der Waals surface area contributed by atoms with Gasteiger partial charge in [0.15, 0.2) is 0 Å². The first-order chi connectivity index (χ1) is 8.00. The number of fused-ring (bicyclic) bond motifs is 1. The quantitative estimate of drug-likeness (QED) is 0.644. The molecule has 0 saturated heterocycles. The van der Waals surface area contributed by atoms with Crippen molar-refractivity contribution in [2.45, 2.75) is 32.8 Å². The smallest absolute Gasteiger partial charge is 0.303 e. The molecule has 17 heavy (non-hydrogen) atoms. The predicted octanol–water partition coefficient (Wildman–Crippen LogP) is 2.18. The Kier molecular flexibility index (Phi) is 3.15. The third-order valence-electron chi connectivity index (χ3n) is 3.21. The number of thiocarbonyl (C=S) groups is 1. The second kappa shape index (κ2) is 4.45. The van der Waals surface area contributed by atoms with Crippen LogP contribution in [0.15, 0.2) is 12.1 Å². The summed E-state index contributed by atoms with van der Waals surface area (Å²) in [6, 6.07) is 3.88. The van der Waals surface area contributed by atoms with Crippen molar-refractivity contribution in [3.05, 3.63) is 34.4 Å². The number of nitrogens with two attached hydrogens (primary N) is 1. The fraction of sp³-hybridized carbons (Fsp3) is 0.385. The molecule has 4 heteroatoms. The first-order valence-corrected chi connectivity index (χ1v) is 6.01. The topological polar surface area (TPSA) is 52.3 Å². The van der Waals surface area contributed by atoms with E-state index in [9.17, 15) is 4.79 Å². The van der Waals surface area contributed by atoms with Gasteiger partial charge in [-0.15, -0.1) is 0 Å². The summed E-state index contributed by atoms with van der Waals surface area (Å²) in [6.45, 7) is 3.46. The van der Waals surface area contributed by atoms with Crippen molar-refractivity contribution in [1.29, 1.82) is 0 Å². The zero-order valence-electron chi connectivity index (χ0n) is 9.95. The molecule has 0 aromatic heterocycles. The minimum atomic E-state index is -0.237. The van der Waals surface area contributed by atoms with Crippen molar-refractivity contribution in [1.82, 2.24) is 0 Å². The molecule has 0 saturated carbocycles. The zero-order chi connectivity index (χ0) is 12.6. The van der Waals surface area contributed by atoms with E-state index in [0.29, 0.717) is 4.99 Å². The molecular weight excluding hydrogens is 234 g/mol. The van der Waals surface area contributed by atoms with E-state index in [1.165, 1.54) is 12.5 Å². The van der Waals surface area contributed by atoms with Gasteiger partial charge in [-0.2, -0.15) is 0 Å². The van der Waals surface area contributed by atoms with Crippen LogP contribution in [0.5, 0.6) is 0 Å². The van der Waals surface area contributed by atoms with Gasteiger partial charge in [-0.1, -0.05) is 24.4 Å². The summed E-state index contributed by atoms with van der Waals surface area (Å²) >= 11 is 5.01. The highest BCUT2D eigenvalue weighted by Gasteiger charge is 2.27. The highest BCUT2D eigenvalue weighted by Crippen LogP contribution is 2.36. The van der Waals surface area contributed by atoms with Crippen molar-refractivity contribution in [2.75, 3.05) is 0 Å². The molecule has 0 bridgehead atoms. The van der Waals surface area contributed by atoms with Crippen molar-refractivity contribution in [2.24, 2.45) is 5.73 Å². The van der Waals surface area contributed by atoms with E-state index in [1.54, 1.807) is 0 Å². The Morgan fingerprint density at radius 2 is 2.24 bits per heavy atom. The van der Waals surface area contributed by atoms with Crippen LogP contribution in [0.3, 0.4) is 0 Å². The van der Waals surface area contributed by atoms with Gasteiger partial charge in [0.25, 0.3) is 0 Å². The predicted molar refractivity (Wildman–Crippen MR) is 69.9 cm³/mol. The lowest BCUT2D eigenvalue weighted by molar-refractivity contribution is -0.146. The summed E-state index contributed by atoms with van der Waals surface area (Å²) in [4.78, 5) is 11.4. The summed E-state index contributed by atoms with van der Waals surface area (Å²) in [6.07, 6.45) is 1.65. The molecule has 2 N–H and O–H groups in total. The first-order valence-electron chi connectivity index (χ1n) is 5.60. The maximum atomic E-state index is 11.0. The van der Waals surface area contributed by atoms with Crippen LogP contribution in [0.1, 0.15) is 41.7 Å². The molecule has 1 aromatic carbocycles. The van der Waals surface area contributed by atoms with Crippen molar-refractivity contribution in [3.8, 4) is 0 Å². The van der Waals surface area contributed by atoms with Crippen molar-refractivity contribution >= 4 is 23.2 Å². The Labute approximate surface area is 106 Å². The minimum absolute atomic E-state index is 0.110. The fourth-order valence-electron chi connectivity index (χ4n) is 2.43. The number of rotatable bonds is 2. The van der Waals surface area contributed by atoms with Gasteiger partial charge in [-0.25, -0.2) is 0 Å². The van der Waals surface area contributed by atoms with Gasteiger partial charge >= 0.3 is 5.97 Å². The summed E-state index contributed by atoms with van der Waals surface area (Å²) in [5.74, 6) is -0.237. The standard InChI is InChI=1S/C13H15NO2S/c1-7-9-5-6-12(16-8(2)15)11(9)4-3-10(7)13(14)17/h3-4,12H,5-6H2,1-2H3,(H2,14,17)/t12-/m1/s1. The highest BCUT2D eigenvalue weighted by molar-refractivity contribution is 7.80. The molecule has 0 unspecified atom stereocenters. The third-order valence-corrected chi connectivity index (χ3v) is 3.43. The van der Waals surface area contributed by atoms with E-state index in [-0.39, 0.29) is 12.1 Å². The Bertz CT molecular complexity index is 496. The summed E-state index contributed by atoms with van der Waals surface area (Å²) < 4.78 is 5.29. The van der Waals surface area contributed by atoms with Crippen LogP contribution in [-0.2, 0) is 16.0 Å². The molecule has 0 heterocycles. The number of benzene rings is 1. The van der Waals surface area contributed by atoms with Gasteiger partial charge in [0.05, 0.1) is 0 Å². The Morgan fingerprint density at radius 3 is 2.82 bits per heavy atom. The van der Waals surface area contributed by atoms with Crippen LogP contribution in [0.4, 0.5) is 0 Å². The average molecular weight is 249 g/mol. The number of esters is 1. The Balaban J connectivity index is 2.40. The van der Waals surface area contributed by atoms with E-state index in [1.807, 2.05) is 19.1 Å². The molecule has 1 aliphatic rings. The van der Waals surface area contributed by atoms with Gasteiger partial charge in [-0.05, 0) is 36.5 Å². The van der Waals surface area contributed by atoms with Gasteiger partial charge in [0.2, 0.25) is 0 Å². The highest BCUT2D eigenvalue weighted by atomic mass is 32.1. The second-order valence-electron chi connectivity index (χ2n) is 4.31. The molecule has 90 valence electrons. The molecule has 0 fully saturated rings. The van der Waals surface area contributed by atoms with Crippen LogP contribution >= 0.6 is 12.2 Å². The number of ether oxygens (including phenoxy) is 1. The van der Waals surface area contributed by atoms with Crippen LogP contribution < -0.4 is 5.73 Å². The van der Waals surface area contributed by atoms with Crippen molar-refractivity contribution in [3.63, 3.8) is 0 Å². The molecule has 1 aromatic rings. The monoisotopic (exact) mass is 249 g/mol. The lowest BCUT2D eigenvalue weighted by Crippen LogP contribution is -2.13. The molecule has 0 amide bonds. The number of carbonyl (C=O) groups is 1. The molecule has 3 nitrogen and oxygen atoms in total. The second-order valence-corrected chi connectivity index (χ2v) is 4.75. The lowest BCUT2D eigenvalue weighted by Gasteiger charge is -2.14. The molecule has 1 aliphatic carbocycles. The van der Waals surface area contributed by atoms with Crippen LogP contribution in [-0.4, -0.2) is 11.0 Å². The van der Waals surface area contributed by atoms with Crippen LogP contribution in [0.25, 0.3) is 0 Å². The zero-order valence-corrected chi connectivity index (χ0v) is 10.8. The van der Waals surface area contributed by atoms with Crippen LogP contribution in [0.2, 0.25) is 0 Å². The molecular formula is C13H15NO2S. The van der Waals surface area contributed by atoms with Gasteiger partial charge in [-0.3, -0.25) is 4.79 Å². The first kappa shape index (κ1) is 12.0. The fourth-order valence-corrected chi connectivity index (χ4v) is 2.65. The van der Waals surface area contributed by atoms with Gasteiger partial charge in [0.1, 0.15) is 11.1 Å². The van der Waals surface area contributed by atoms with Gasteiger partial charge in [0, 0.05) is 12.5 Å². The number of hydrogen-bond donors (Lipinski definition) is 1. The molecule has 1 atom stereocenters. The molecule has 0 aliphatic heterocycles. The largest absolute Gasteiger partial charge is 0.458 e. The molecule has 0 spiro atoms. The lowest BCUT2D eigenvalue weighted by atomic mass is 9.98. The Hall–Kier alpha value is -1.42. The van der Waals surface area contributed by atoms with E-state index >= 15 is 0 Å². The van der Waals surface area contributed by atoms with Gasteiger partial charge < -0.3 is 10.5 Å². The minimum Gasteiger partial charge on any atom is -0.458 e. The van der Waals surface area contributed by atoms with E-state index < -0.39 is 0 Å². The average Bonchev–Trinajstić information content (AvgIpc) is 2.61. The van der Waals surface area contributed by atoms with E-state index in [4.69, 9.17) is 22.7 Å². The molecule has 2 rings (SSSR count).